The van der Waals surface area contributed by atoms with Gasteiger partial charge in [0.1, 0.15) is 0 Å². The van der Waals surface area contributed by atoms with E-state index in [1.807, 2.05) is 9.91 Å². The second-order valence-electron chi connectivity index (χ2n) is 5.72. The smallest absolute Gasteiger partial charge is 0.298 e. The maximum absolute atomic E-state index is 12.0. The number of hydrogen-bond donors (Lipinski definition) is 0. The summed E-state index contributed by atoms with van der Waals surface area (Å²) in [5.41, 5.74) is 0.0909. The monoisotopic (exact) mass is 263 g/mol. The largest absolute Gasteiger partial charge is 0.329 e. The molecule has 0 bridgehead atoms. The van der Waals surface area contributed by atoms with E-state index in [9.17, 15) is 4.79 Å². The summed E-state index contributed by atoms with van der Waals surface area (Å²) in [6.45, 7) is 16.3. The van der Waals surface area contributed by atoms with E-state index in [0.717, 1.165) is 13.1 Å². The Kier molecular flexibility index (Phi) is 4.99. The molecule has 0 aromatic carbocycles. The number of amides is 1. The van der Waals surface area contributed by atoms with E-state index in [2.05, 4.69) is 51.4 Å². The van der Waals surface area contributed by atoms with Crippen molar-refractivity contribution in [2.45, 2.75) is 40.7 Å². The molecule has 0 spiro atoms. The Morgan fingerprint density at radius 1 is 1.53 bits per heavy atom. The first-order valence-electron chi connectivity index (χ1n) is 6.83. The Morgan fingerprint density at radius 2 is 2.16 bits per heavy atom. The topological polar surface area (TPSA) is 35.9 Å². The molecule has 0 aromatic heterocycles. The number of carbonyl (C=O) groups is 1. The van der Waals surface area contributed by atoms with Crippen LogP contribution in [0.5, 0.6) is 0 Å². The predicted octanol–water partition coefficient (Wildman–Crippen LogP) is 1.82. The number of likely N-dealkylation sites (tertiary alicyclic amines) is 1. The fraction of sp³-hybridized carbons (Fsp3) is 0.733. The molecule has 1 aliphatic heterocycles. The standard InChI is InChI=1S/C15H25N3O/c1-7-9-14(19)17-10-12(3)15(4,5)13(11-17)18(8-2)16-6/h12-13H,6,8,10-11H2,1-5H3. The lowest BCUT2D eigenvalue weighted by Gasteiger charge is -2.50. The van der Waals surface area contributed by atoms with Gasteiger partial charge in [-0.15, -0.1) is 0 Å². The van der Waals surface area contributed by atoms with Crippen molar-refractivity contribution in [2.75, 3.05) is 19.6 Å². The molecule has 2 atom stereocenters. The lowest BCUT2D eigenvalue weighted by atomic mass is 9.70. The zero-order valence-corrected chi connectivity index (χ0v) is 12.7. The highest BCUT2D eigenvalue weighted by atomic mass is 16.2. The minimum absolute atomic E-state index is 0.0880. The first-order chi connectivity index (χ1) is 8.88. The average Bonchev–Trinajstić information content (AvgIpc) is 2.36. The number of rotatable bonds is 3. The van der Waals surface area contributed by atoms with Crippen molar-refractivity contribution in [2.24, 2.45) is 16.4 Å². The van der Waals surface area contributed by atoms with Gasteiger partial charge in [0.25, 0.3) is 5.91 Å². The van der Waals surface area contributed by atoms with Crippen LogP contribution >= 0.6 is 0 Å². The van der Waals surface area contributed by atoms with Crippen LogP contribution in [0.2, 0.25) is 0 Å². The zero-order valence-electron chi connectivity index (χ0n) is 12.7. The Balaban J connectivity index is 3.00. The number of carbonyl (C=O) groups excluding carboxylic acids is 1. The molecule has 0 radical (unpaired) electrons. The highest BCUT2D eigenvalue weighted by molar-refractivity contribution is 5.93. The van der Waals surface area contributed by atoms with Gasteiger partial charge in [-0.05, 0) is 31.1 Å². The van der Waals surface area contributed by atoms with Gasteiger partial charge in [0.05, 0.1) is 6.04 Å². The van der Waals surface area contributed by atoms with E-state index in [1.165, 1.54) is 0 Å². The van der Waals surface area contributed by atoms with E-state index in [-0.39, 0.29) is 17.4 Å². The first kappa shape index (κ1) is 15.6. The molecule has 1 fully saturated rings. The molecule has 1 heterocycles. The fourth-order valence-electron chi connectivity index (χ4n) is 2.66. The van der Waals surface area contributed by atoms with Crippen molar-refractivity contribution in [3.63, 3.8) is 0 Å². The predicted molar refractivity (Wildman–Crippen MR) is 78.7 cm³/mol. The molecule has 0 saturated carbocycles. The first-order valence-corrected chi connectivity index (χ1v) is 6.83. The quantitative estimate of drug-likeness (QED) is 0.442. The van der Waals surface area contributed by atoms with Crippen LogP contribution < -0.4 is 0 Å². The maximum atomic E-state index is 12.0. The third-order valence-electron chi connectivity index (χ3n) is 4.40. The lowest BCUT2D eigenvalue weighted by Crippen LogP contribution is -2.59. The van der Waals surface area contributed by atoms with Crippen molar-refractivity contribution in [1.29, 1.82) is 0 Å². The van der Waals surface area contributed by atoms with Gasteiger partial charge < -0.3 is 4.90 Å². The van der Waals surface area contributed by atoms with Crippen LogP contribution in [0.15, 0.2) is 5.10 Å². The van der Waals surface area contributed by atoms with Gasteiger partial charge in [0.15, 0.2) is 0 Å². The highest BCUT2D eigenvalue weighted by Gasteiger charge is 2.44. The number of piperidine rings is 1. The number of likely N-dealkylation sites (N-methyl/N-ethyl adjacent to an activating group) is 1. The SMILES string of the molecule is C=NN(CC)C1CN(C(=O)C#CC)CC(C)C1(C)C. The minimum atomic E-state index is -0.0880. The molecule has 1 saturated heterocycles. The summed E-state index contributed by atoms with van der Waals surface area (Å²) >= 11 is 0. The Bertz CT molecular complexity index is 405. The molecule has 0 aromatic rings. The second-order valence-corrected chi connectivity index (χ2v) is 5.72. The molecule has 4 nitrogen and oxygen atoms in total. The number of nitrogens with zero attached hydrogens (tertiary/aromatic N) is 3. The fourth-order valence-corrected chi connectivity index (χ4v) is 2.66. The summed E-state index contributed by atoms with van der Waals surface area (Å²) in [7, 11) is 0. The van der Waals surface area contributed by atoms with Crippen LogP contribution in [0.1, 0.15) is 34.6 Å². The molecule has 0 aliphatic carbocycles. The van der Waals surface area contributed by atoms with Gasteiger partial charge in [-0.1, -0.05) is 26.7 Å². The maximum Gasteiger partial charge on any atom is 0.298 e. The normalized spacial score (nSPS) is 25.2. The van der Waals surface area contributed by atoms with Crippen LogP contribution in [-0.4, -0.2) is 48.2 Å². The van der Waals surface area contributed by atoms with Gasteiger partial charge in [-0.25, -0.2) is 0 Å². The molecule has 106 valence electrons. The summed E-state index contributed by atoms with van der Waals surface area (Å²) in [6.07, 6.45) is 0. The highest BCUT2D eigenvalue weighted by Crippen LogP contribution is 2.38. The second kappa shape index (κ2) is 6.10. The molecular formula is C15H25N3O. The number of hydrogen-bond acceptors (Lipinski definition) is 3. The lowest BCUT2D eigenvalue weighted by molar-refractivity contribution is -0.132. The van der Waals surface area contributed by atoms with Crippen LogP contribution in [0.25, 0.3) is 0 Å². The summed E-state index contributed by atoms with van der Waals surface area (Å²) in [6, 6.07) is 0.182. The third-order valence-corrected chi connectivity index (χ3v) is 4.40. The van der Waals surface area contributed by atoms with Crippen molar-refractivity contribution in [1.82, 2.24) is 9.91 Å². The summed E-state index contributed by atoms with van der Waals surface area (Å²) < 4.78 is 0. The average molecular weight is 263 g/mol. The van der Waals surface area contributed by atoms with E-state index in [4.69, 9.17) is 0 Å². The summed E-state index contributed by atoms with van der Waals surface area (Å²) in [4.78, 5) is 13.8. The van der Waals surface area contributed by atoms with E-state index < -0.39 is 0 Å². The van der Waals surface area contributed by atoms with Crippen LogP contribution in [0, 0.1) is 23.2 Å². The van der Waals surface area contributed by atoms with Crippen LogP contribution in [-0.2, 0) is 4.79 Å². The number of hydrazone groups is 1. The molecule has 0 N–H and O–H groups in total. The minimum Gasteiger partial charge on any atom is -0.329 e. The molecule has 19 heavy (non-hydrogen) atoms. The van der Waals surface area contributed by atoms with Crippen LogP contribution in [0.4, 0.5) is 0 Å². The van der Waals surface area contributed by atoms with Gasteiger partial charge in [0, 0.05) is 26.4 Å². The molecule has 4 heteroatoms. The van der Waals surface area contributed by atoms with Gasteiger partial charge in [-0.2, -0.15) is 5.10 Å². The van der Waals surface area contributed by atoms with Gasteiger partial charge >= 0.3 is 0 Å². The van der Waals surface area contributed by atoms with Gasteiger partial charge in [-0.3, -0.25) is 9.80 Å². The van der Waals surface area contributed by atoms with Gasteiger partial charge in [0.2, 0.25) is 0 Å². The Labute approximate surface area is 116 Å². The van der Waals surface area contributed by atoms with Crippen LogP contribution in [0.3, 0.4) is 0 Å². The Morgan fingerprint density at radius 3 is 2.63 bits per heavy atom. The van der Waals surface area contributed by atoms with Crippen molar-refractivity contribution in [3.8, 4) is 11.8 Å². The van der Waals surface area contributed by atoms with Crippen molar-refractivity contribution < 1.29 is 4.79 Å². The van der Waals surface area contributed by atoms with E-state index in [1.54, 1.807) is 6.92 Å². The summed E-state index contributed by atoms with van der Waals surface area (Å²) in [5, 5.41) is 6.09. The zero-order chi connectivity index (χ0) is 14.6. The van der Waals surface area contributed by atoms with E-state index >= 15 is 0 Å². The van der Waals surface area contributed by atoms with Crippen molar-refractivity contribution >= 4 is 12.6 Å². The Hall–Kier alpha value is -1.50. The molecule has 1 rings (SSSR count). The third kappa shape index (κ3) is 3.09. The summed E-state index contributed by atoms with van der Waals surface area (Å²) in [5.74, 6) is 5.62. The molecule has 1 amide bonds. The van der Waals surface area contributed by atoms with Crippen molar-refractivity contribution in [3.05, 3.63) is 0 Å². The molecular weight excluding hydrogens is 238 g/mol. The van der Waals surface area contributed by atoms with E-state index in [0.29, 0.717) is 12.5 Å². The molecule has 2 unspecified atom stereocenters. The molecule has 1 aliphatic rings.